The molecule has 1 atom stereocenters. The zero-order chi connectivity index (χ0) is 16.0. The molecule has 2 N–H and O–H groups in total. The minimum Gasteiger partial charge on any atom is -0.342 e. The Morgan fingerprint density at radius 2 is 1.96 bits per heavy atom. The largest absolute Gasteiger partial charge is 0.342 e. The van der Waals surface area contributed by atoms with Gasteiger partial charge in [-0.2, -0.15) is 0 Å². The molecule has 130 valence electrons. The van der Waals surface area contributed by atoms with Gasteiger partial charge in [-0.15, -0.1) is 24.2 Å². The topological polar surface area (TPSA) is 46.3 Å². The third-order valence-electron chi connectivity index (χ3n) is 5.00. The first-order chi connectivity index (χ1) is 10.6. The lowest BCUT2D eigenvalue weighted by molar-refractivity contribution is -0.141. The highest BCUT2D eigenvalue weighted by Crippen LogP contribution is 2.32. The van der Waals surface area contributed by atoms with Crippen molar-refractivity contribution in [2.24, 2.45) is 17.1 Å². The lowest BCUT2D eigenvalue weighted by Crippen LogP contribution is -2.46. The smallest absolute Gasteiger partial charge is 0.230 e. The molecule has 1 amide bonds. The monoisotopic (exact) mass is 356 g/mol. The van der Waals surface area contributed by atoms with Crippen LogP contribution in [0.1, 0.15) is 33.1 Å². The van der Waals surface area contributed by atoms with Crippen LogP contribution in [0, 0.1) is 11.3 Å². The Bertz CT molecular complexity index is 471. The summed E-state index contributed by atoms with van der Waals surface area (Å²) >= 11 is 1.89. The van der Waals surface area contributed by atoms with Crippen LogP contribution in [0.25, 0.3) is 0 Å². The molecule has 0 spiro atoms. The Balaban J connectivity index is 0.00000264. The van der Waals surface area contributed by atoms with Gasteiger partial charge in [0.1, 0.15) is 0 Å². The third kappa shape index (κ3) is 4.88. The molecule has 0 saturated carbocycles. The SMILES string of the molecule is CCC(CC)(CN)C(=O)N1CCC(CSc2ccccc2)C1.Cl. The van der Waals surface area contributed by atoms with Crippen LogP contribution in [0.2, 0.25) is 0 Å². The van der Waals surface area contributed by atoms with Gasteiger partial charge in [0.05, 0.1) is 5.41 Å². The maximum atomic E-state index is 12.8. The van der Waals surface area contributed by atoms with E-state index in [2.05, 4.69) is 43.0 Å². The van der Waals surface area contributed by atoms with E-state index in [1.165, 1.54) is 4.90 Å². The van der Waals surface area contributed by atoms with Crippen LogP contribution in [0.3, 0.4) is 0 Å². The number of thioether (sulfide) groups is 1. The van der Waals surface area contributed by atoms with E-state index in [1.807, 2.05) is 17.8 Å². The summed E-state index contributed by atoms with van der Waals surface area (Å²) in [5, 5.41) is 0. The van der Waals surface area contributed by atoms with E-state index in [4.69, 9.17) is 5.73 Å². The summed E-state index contributed by atoms with van der Waals surface area (Å²) in [5.74, 6) is 1.95. The maximum Gasteiger partial charge on any atom is 0.230 e. The highest BCUT2D eigenvalue weighted by Gasteiger charge is 2.39. The molecule has 1 fully saturated rings. The molecule has 0 radical (unpaired) electrons. The average Bonchev–Trinajstić information content (AvgIpc) is 3.05. The molecule has 23 heavy (non-hydrogen) atoms. The standard InChI is InChI=1S/C18H28N2OS.ClH/c1-3-18(4-2,14-19)17(21)20-11-10-15(12-20)13-22-16-8-6-5-7-9-16;/h5-9,15H,3-4,10-14,19H2,1-2H3;1H. The number of amides is 1. The summed E-state index contributed by atoms with van der Waals surface area (Å²) in [6.07, 6.45) is 2.77. The summed E-state index contributed by atoms with van der Waals surface area (Å²) < 4.78 is 0. The first kappa shape index (κ1) is 20.3. The summed E-state index contributed by atoms with van der Waals surface area (Å²) in [6, 6.07) is 10.5. The van der Waals surface area contributed by atoms with Gasteiger partial charge in [-0.3, -0.25) is 4.79 Å². The van der Waals surface area contributed by atoms with Gasteiger partial charge < -0.3 is 10.6 Å². The van der Waals surface area contributed by atoms with Gasteiger partial charge in [-0.1, -0.05) is 32.0 Å². The Kier molecular flexibility index (Phi) is 8.45. The summed E-state index contributed by atoms with van der Waals surface area (Å²) in [7, 11) is 0. The fraction of sp³-hybridized carbons (Fsp3) is 0.611. The normalized spacial score (nSPS) is 17.9. The van der Waals surface area contributed by atoms with Gasteiger partial charge in [-0.05, 0) is 37.3 Å². The van der Waals surface area contributed by atoms with Crippen molar-refractivity contribution in [3.8, 4) is 0 Å². The van der Waals surface area contributed by atoms with Crippen LogP contribution >= 0.6 is 24.2 Å². The molecule has 5 heteroatoms. The van der Waals surface area contributed by atoms with Gasteiger partial charge >= 0.3 is 0 Å². The molecular formula is C18H29ClN2OS. The lowest BCUT2D eigenvalue weighted by Gasteiger charge is -2.33. The Hall–Kier alpha value is -0.710. The maximum absolute atomic E-state index is 12.8. The average molecular weight is 357 g/mol. The predicted octanol–water partition coefficient (Wildman–Crippen LogP) is 3.81. The van der Waals surface area contributed by atoms with Gasteiger partial charge in [0.15, 0.2) is 0 Å². The molecule has 0 bridgehead atoms. The quantitative estimate of drug-likeness (QED) is 0.755. The highest BCUT2D eigenvalue weighted by atomic mass is 35.5. The van der Waals surface area contributed by atoms with E-state index in [0.717, 1.165) is 38.1 Å². The number of carbonyl (C=O) groups is 1. The van der Waals surface area contributed by atoms with Crippen molar-refractivity contribution in [1.29, 1.82) is 0 Å². The van der Waals surface area contributed by atoms with Gasteiger partial charge in [-0.25, -0.2) is 0 Å². The van der Waals surface area contributed by atoms with E-state index in [0.29, 0.717) is 12.5 Å². The van der Waals surface area contributed by atoms with E-state index < -0.39 is 0 Å². The van der Waals surface area contributed by atoms with Crippen molar-refractivity contribution in [3.05, 3.63) is 30.3 Å². The predicted molar refractivity (Wildman–Crippen MR) is 101 cm³/mol. The van der Waals surface area contributed by atoms with Crippen molar-refractivity contribution in [1.82, 2.24) is 4.90 Å². The van der Waals surface area contributed by atoms with Crippen molar-refractivity contribution in [2.45, 2.75) is 38.0 Å². The number of halogens is 1. The van der Waals surface area contributed by atoms with Crippen LogP contribution in [0.4, 0.5) is 0 Å². The molecular weight excluding hydrogens is 328 g/mol. The second-order valence-electron chi connectivity index (χ2n) is 6.22. The molecule has 1 heterocycles. The number of hydrogen-bond acceptors (Lipinski definition) is 3. The van der Waals surface area contributed by atoms with E-state index in [1.54, 1.807) is 0 Å². The number of likely N-dealkylation sites (tertiary alicyclic amines) is 1. The number of nitrogens with zero attached hydrogens (tertiary/aromatic N) is 1. The molecule has 3 nitrogen and oxygen atoms in total. The second kappa shape index (κ2) is 9.55. The summed E-state index contributed by atoms with van der Waals surface area (Å²) in [5.41, 5.74) is 5.57. The molecule has 1 aromatic rings. The molecule has 0 aromatic heterocycles. The van der Waals surface area contributed by atoms with Crippen molar-refractivity contribution in [3.63, 3.8) is 0 Å². The van der Waals surface area contributed by atoms with E-state index in [9.17, 15) is 4.79 Å². The summed E-state index contributed by atoms with van der Waals surface area (Å²) in [6.45, 7) is 6.39. The lowest BCUT2D eigenvalue weighted by atomic mass is 9.81. The minimum atomic E-state index is -0.346. The second-order valence-corrected chi connectivity index (χ2v) is 7.31. The van der Waals surface area contributed by atoms with Crippen molar-refractivity contribution >= 4 is 30.1 Å². The first-order valence-electron chi connectivity index (χ1n) is 8.32. The summed E-state index contributed by atoms with van der Waals surface area (Å²) in [4.78, 5) is 16.2. The molecule has 0 aliphatic carbocycles. The molecule has 1 saturated heterocycles. The Morgan fingerprint density at radius 3 is 2.52 bits per heavy atom. The van der Waals surface area contributed by atoms with Gasteiger partial charge in [0.25, 0.3) is 0 Å². The van der Waals surface area contributed by atoms with Crippen LogP contribution < -0.4 is 5.73 Å². The number of rotatable bonds is 7. The fourth-order valence-electron chi connectivity index (χ4n) is 3.15. The van der Waals surface area contributed by atoms with E-state index in [-0.39, 0.29) is 23.7 Å². The molecule has 1 aliphatic heterocycles. The van der Waals surface area contributed by atoms with Gasteiger partial charge in [0.2, 0.25) is 5.91 Å². The van der Waals surface area contributed by atoms with Crippen molar-refractivity contribution < 1.29 is 4.79 Å². The van der Waals surface area contributed by atoms with E-state index >= 15 is 0 Å². The Labute approximate surface area is 150 Å². The highest BCUT2D eigenvalue weighted by molar-refractivity contribution is 7.99. The van der Waals surface area contributed by atoms with Crippen LogP contribution in [0.15, 0.2) is 35.2 Å². The first-order valence-corrected chi connectivity index (χ1v) is 9.31. The third-order valence-corrected chi connectivity index (χ3v) is 6.24. The minimum absolute atomic E-state index is 0. The number of hydrogen-bond donors (Lipinski definition) is 1. The van der Waals surface area contributed by atoms with Crippen LogP contribution in [0.5, 0.6) is 0 Å². The molecule has 1 unspecified atom stereocenters. The number of carbonyl (C=O) groups excluding carboxylic acids is 1. The number of nitrogens with two attached hydrogens (primary N) is 1. The zero-order valence-electron chi connectivity index (χ0n) is 14.2. The fourth-order valence-corrected chi connectivity index (χ4v) is 4.20. The van der Waals surface area contributed by atoms with Gasteiger partial charge in [0, 0.05) is 30.3 Å². The Morgan fingerprint density at radius 1 is 1.30 bits per heavy atom. The number of benzene rings is 1. The van der Waals surface area contributed by atoms with Crippen LogP contribution in [-0.4, -0.2) is 36.2 Å². The zero-order valence-corrected chi connectivity index (χ0v) is 15.8. The molecule has 2 rings (SSSR count). The molecule has 1 aromatic carbocycles. The van der Waals surface area contributed by atoms with Crippen molar-refractivity contribution in [2.75, 3.05) is 25.4 Å². The molecule has 1 aliphatic rings. The van der Waals surface area contributed by atoms with Crippen LogP contribution in [-0.2, 0) is 4.79 Å².